The minimum absolute atomic E-state index is 0.000570. The van der Waals surface area contributed by atoms with Gasteiger partial charge in [0, 0.05) is 90.2 Å². The molecule has 6 aromatic rings. The lowest BCUT2D eigenvalue weighted by atomic mass is 9.39. The molecule has 2 aromatic carbocycles. The van der Waals surface area contributed by atoms with Crippen molar-refractivity contribution in [3.8, 4) is 11.1 Å². The van der Waals surface area contributed by atoms with Gasteiger partial charge in [-0.25, -0.2) is 14.8 Å². The number of amides is 7. The van der Waals surface area contributed by atoms with Crippen LogP contribution in [0.4, 0.5) is 33.1 Å². The Balaban J connectivity index is 0.664. The molecule has 1 saturated heterocycles. The van der Waals surface area contributed by atoms with Crippen LogP contribution >= 0.6 is 11.3 Å². The van der Waals surface area contributed by atoms with E-state index in [-0.39, 0.29) is 73.5 Å². The molecule has 13 rings (SSSR count). The fourth-order valence-electron chi connectivity index (χ4n) is 17.4. The number of nitrogens with zero attached hydrogens (tertiary/aromatic N) is 9. The first-order valence-electron chi connectivity index (χ1n) is 34.1. The van der Waals surface area contributed by atoms with Gasteiger partial charge in [-0.1, -0.05) is 63.3 Å². The van der Waals surface area contributed by atoms with E-state index in [1.165, 1.54) is 18.6 Å². The number of nitrogens with one attached hydrogen (secondary N) is 5. The number of anilines is 5. The lowest BCUT2D eigenvalue weighted by molar-refractivity contribution is -0.930. The minimum Gasteiger partial charge on any atom is -0.390 e. The minimum atomic E-state index is -1.01. The highest BCUT2D eigenvalue weighted by Crippen LogP contribution is 2.72. The van der Waals surface area contributed by atoms with Crippen LogP contribution in [0.15, 0.2) is 79.0 Å². The Hall–Kier alpha value is -8.23. The number of fused-ring (bicyclic) bond motifs is 2. The largest absolute Gasteiger partial charge is 0.390 e. The van der Waals surface area contributed by atoms with Gasteiger partial charge in [0.2, 0.25) is 17.7 Å². The lowest BCUT2D eigenvalue weighted by Crippen LogP contribution is -2.64. The highest BCUT2D eigenvalue weighted by Gasteiger charge is 2.66. The lowest BCUT2D eigenvalue weighted by Gasteiger charge is -2.69. The van der Waals surface area contributed by atoms with Gasteiger partial charge in [0.1, 0.15) is 31.0 Å². The van der Waals surface area contributed by atoms with Crippen LogP contribution in [0.3, 0.4) is 0 Å². The molecule has 7 aliphatic rings. The van der Waals surface area contributed by atoms with Crippen molar-refractivity contribution in [2.75, 3.05) is 74.6 Å². The number of urea groups is 1. The van der Waals surface area contributed by atoms with Crippen molar-refractivity contribution < 1.29 is 47.8 Å². The van der Waals surface area contributed by atoms with E-state index in [0.717, 1.165) is 167 Å². The Kier molecular flexibility index (Phi) is 19.8. The SMILES string of the molecule is Cc1c(Nc2nc3ccccc3s2)nnc2c1CCCN2c1ccc(-c2cnn(CC34CC5(C)CC(C)(C3)CC(OCC[N+]3(Cc6ccc(NC(=O)[C@H](CCCNC(N)=O)NC(=O)[C@@H](NC(=O)CCOCCN7C(=O)C=CC7=O)C(C)C)cc6)CCCC3)(C5)C4)c2C)c(CO)n1. The first-order chi connectivity index (χ1) is 46.0. The van der Waals surface area contributed by atoms with Gasteiger partial charge in [-0.05, 0) is 137 Å². The van der Waals surface area contributed by atoms with Crippen LogP contribution in [0.2, 0.25) is 0 Å². The van der Waals surface area contributed by atoms with E-state index in [1.54, 1.807) is 25.2 Å². The number of imide groups is 1. The zero-order valence-electron chi connectivity index (χ0n) is 56.1. The molecule has 510 valence electrons. The molecule has 3 aliphatic heterocycles. The molecule has 7 heterocycles. The third kappa shape index (κ3) is 15.0. The summed E-state index contributed by atoms with van der Waals surface area (Å²) < 4.78 is 17.2. The summed E-state index contributed by atoms with van der Waals surface area (Å²) >= 11 is 1.59. The summed E-state index contributed by atoms with van der Waals surface area (Å²) in [5.74, 6) is -0.413. The Morgan fingerprint density at radius 2 is 1.58 bits per heavy atom. The molecule has 5 fully saturated rings. The average Bonchev–Trinajstić information content (AvgIpc) is 0.759. The molecular weight excluding hydrogens is 1240 g/mol. The number of carbonyl (C=O) groups is 6. The van der Waals surface area contributed by atoms with Crippen LogP contribution in [-0.4, -0.2) is 157 Å². The fraction of sp³-hybridized carbons (Fsp3) is 0.535. The number of pyridine rings is 1. The zero-order chi connectivity index (χ0) is 67.6. The number of para-hydroxylation sites is 1. The van der Waals surface area contributed by atoms with Crippen molar-refractivity contribution in [3.63, 3.8) is 0 Å². The van der Waals surface area contributed by atoms with E-state index in [4.69, 9.17) is 35.4 Å². The molecule has 7 amide bonds. The van der Waals surface area contributed by atoms with Crippen LogP contribution < -0.4 is 37.2 Å². The second-order valence-electron chi connectivity index (χ2n) is 29.1. The second kappa shape index (κ2) is 28.1. The van der Waals surface area contributed by atoms with Gasteiger partial charge >= 0.3 is 6.03 Å². The summed E-state index contributed by atoms with van der Waals surface area (Å²) in [7, 11) is 0. The molecule has 24 nitrogen and oxygen atoms in total. The average molecular weight is 1330 g/mol. The second-order valence-corrected chi connectivity index (χ2v) is 30.1. The van der Waals surface area contributed by atoms with Crippen molar-refractivity contribution in [1.29, 1.82) is 0 Å². The number of carbonyl (C=O) groups excluding carboxylic acids is 6. The van der Waals surface area contributed by atoms with Crippen LogP contribution in [0.1, 0.15) is 133 Å². The van der Waals surface area contributed by atoms with E-state index in [0.29, 0.717) is 30.2 Å². The van der Waals surface area contributed by atoms with Crippen molar-refractivity contribution in [1.82, 2.24) is 50.8 Å². The summed E-state index contributed by atoms with van der Waals surface area (Å²) in [5, 5.41) is 40.9. The predicted molar refractivity (Wildman–Crippen MR) is 366 cm³/mol. The number of primary amides is 1. The standard InChI is InChI=1S/C71H91N15O9S/c1-45(2)61(79-58(88)25-32-94-33-28-84-59(89)23-24-60(84)90)65(92)77-54(15-11-26-73-66(72)93)64(91)75-49-19-17-48(18-20-49)36-86(29-9-10-30-86)31-34-95-71-41-68(5)38-69(6,42-71)40-70(39-68,43-71)44-85-47(4)52(35-74-85)51-21-22-57(76-55(51)37-87)83-27-12-13-50-46(3)62(81-82-63(50)83)80-67-78-53-14-7-8-16-56(53)96-67/h7-8,14,16-24,35,45,54,61,87H,9-13,15,25-34,36-44H2,1-6H3,(H6-,72,73,75,77,78,79,80,81,88,91,92,93)/p+1/t54-,61-,68?,69?,70?,71?/m0/s1. The number of aromatic nitrogens is 6. The zero-order valence-corrected chi connectivity index (χ0v) is 57.0. The Bertz CT molecular complexity index is 3870. The Morgan fingerprint density at radius 3 is 2.30 bits per heavy atom. The summed E-state index contributed by atoms with van der Waals surface area (Å²) in [6.07, 6.45) is 15.4. The van der Waals surface area contributed by atoms with Gasteiger partial charge in [0.15, 0.2) is 16.8 Å². The number of hydrogen-bond acceptors (Lipinski definition) is 17. The van der Waals surface area contributed by atoms with E-state index >= 15 is 0 Å². The van der Waals surface area contributed by atoms with E-state index in [9.17, 15) is 33.9 Å². The molecule has 2 unspecified atom stereocenters. The smallest absolute Gasteiger partial charge is 0.312 e. The molecule has 96 heavy (non-hydrogen) atoms. The molecule has 8 N–H and O–H groups in total. The van der Waals surface area contributed by atoms with Crippen molar-refractivity contribution in [2.45, 2.75) is 162 Å². The van der Waals surface area contributed by atoms with Gasteiger partial charge in [0.05, 0.1) is 73.8 Å². The maximum Gasteiger partial charge on any atom is 0.312 e. The molecule has 4 aromatic heterocycles. The van der Waals surface area contributed by atoms with E-state index in [2.05, 4.69) is 93.2 Å². The van der Waals surface area contributed by atoms with Crippen molar-refractivity contribution >= 4 is 85.4 Å². The first-order valence-corrected chi connectivity index (χ1v) is 34.9. The van der Waals surface area contributed by atoms with Gasteiger partial charge in [-0.2, -0.15) is 5.10 Å². The number of quaternary nitrogens is 1. The number of benzene rings is 2. The number of hydrogen-bond donors (Lipinski definition) is 7. The number of aliphatic hydroxyl groups is 1. The van der Waals surface area contributed by atoms with Gasteiger partial charge in [0.25, 0.3) is 11.8 Å². The number of ether oxygens (including phenoxy) is 2. The maximum absolute atomic E-state index is 14.0. The topological polar surface area (TPSA) is 303 Å². The van der Waals surface area contributed by atoms with Crippen LogP contribution in [0.25, 0.3) is 21.3 Å². The monoisotopic (exact) mass is 1330 g/mol. The van der Waals surface area contributed by atoms with Gasteiger partial charge in [-0.3, -0.25) is 33.6 Å². The van der Waals surface area contributed by atoms with Crippen LogP contribution in [0.5, 0.6) is 0 Å². The molecule has 4 saturated carbocycles. The van der Waals surface area contributed by atoms with Crippen molar-refractivity contribution in [2.24, 2.45) is 27.9 Å². The molecule has 4 atom stereocenters. The Morgan fingerprint density at radius 1 is 0.833 bits per heavy atom. The van der Waals surface area contributed by atoms with Gasteiger partial charge < -0.3 is 56.3 Å². The molecule has 0 spiro atoms. The van der Waals surface area contributed by atoms with Gasteiger partial charge in [-0.15, -0.1) is 10.2 Å². The molecular formula is C71H92N15O9S+. The first kappa shape index (κ1) is 67.7. The summed E-state index contributed by atoms with van der Waals surface area (Å²) in [6, 6.07) is 17.4. The predicted octanol–water partition coefficient (Wildman–Crippen LogP) is 8.57. The summed E-state index contributed by atoms with van der Waals surface area (Å²) in [4.78, 5) is 89.1. The number of rotatable bonds is 29. The number of aliphatic hydroxyl groups excluding tert-OH is 1. The van der Waals surface area contributed by atoms with Crippen molar-refractivity contribution in [3.05, 3.63) is 107 Å². The summed E-state index contributed by atoms with van der Waals surface area (Å²) in [5.41, 5.74) is 13.6. The third-order valence-electron chi connectivity index (χ3n) is 20.8. The Labute approximate surface area is 564 Å². The maximum atomic E-state index is 14.0. The molecule has 0 radical (unpaired) electrons. The highest BCUT2D eigenvalue weighted by atomic mass is 32.1. The van der Waals surface area contributed by atoms with Crippen LogP contribution in [0, 0.1) is 36.0 Å². The molecule has 4 aliphatic carbocycles. The number of likely N-dealkylation sites (tertiary alicyclic amines) is 1. The number of nitrogens with two attached hydrogens (primary N) is 1. The number of thiazole rings is 1. The molecule has 25 heteroatoms. The van der Waals surface area contributed by atoms with E-state index < -0.39 is 47.7 Å². The van der Waals surface area contributed by atoms with E-state index in [1.807, 2.05) is 42.6 Å². The molecule has 4 bridgehead atoms. The summed E-state index contributed by atoms with van der Waals surface area (Å²) in [6.45, 7) is 18.9. The third-order valence-corrected chi connectivity index (χ3v) is 21.7. The fourth-order valence-corrected chi connectivity index (χ4v) is 18.3. The van der Waals surface area contributed by atoms with Crippen LogP contribution in [-0.2, 0) is 59.6 Å². The normalized spacial score (nSPS) is 23.0. The quantitative estimate of drug-likeness (QED) is 0.0131. The highest BCUT2D eigenvalue weighted by molar-refractivity contribution is 7.22.